The number of nitrogens with zero attached hydrogens (tertiary/aromatic N) is 1. The van der Waals surface area contributed by atoms with E-state index in [1.165, 1.54) is 5.06 Å². The van der Waals surface area contributed by atoms with Crippen LogP contribution in [0, 0.1) is 11.8 Å². The van der Waals surface area contributed by atoms with Crippen molar-refractivity contribution in [3.8, 4) is 0 Å². The number of hydrogen-bond acceptors (Lipinski definition) is 8. The van der Waals surface area contributed by atoms with E-state index in [1.807, 2.05) is 18.2 Å². The Morgan fingerprint density at radius 2 is 1.55 bits per heavy atom. The second-order valence-corrected chi connectivity index (χ2v) is 8.05. The minimum atomic E-state index is -1.41. The van der Waals surface area contributed by atoms with Gasteiger partial charge in [0.05, 0.1) is 24.8 Å². The molecule has 170 valence electrons. The van der Waals surface area contributed by atoms with Crippen LogP contribution in [0.15, 0.2) is 42.1 Å². The maximum Gasteiger partial charge on any atom is 0.339 e. The Balaban J connectivity index is 2.60. The summed E-state index contributed by atoms with van der Waals surface area (Å²) in [5.41, 5.74) is 0.352. The van der Waals surface area contributed by atoms with E-state index in [4.69, 9.17) is 19.0 Å². The molecular weight excluding hydrogens is 402 g/mol. The summed E-state index contributed by atoms with van der Waals surface area (Å²) in [5, 5.41) is 1.41. The maximum absolute atomic E-state index is 13.1. The van der Waals surface area contributed by atoms with E-state index < -0.39 is 41.4 Å². The van der Waals surface area contributed by atoms with Crippen LogP contribution in [0.5, 0.6) is 0 Å². The average Bonchev–Trinajstić information content (AvgIpc) is 2.84. The van der Waals surface area contributed by atoms with Crippen LogP contribution in [-0.4, -0.2) is 42.8 Å². The van der Waals surface area contributed by atoms with Gasteiger partial charge < -0.3 is 14.2 Å². The highest BCUT2D eigenvalue weighted by atomic mass is 16.7. The van der Waals surface area contributed by atoms with Gasteiger partial charge in [0.2, 0.25) is 0 Å². The quantitative estimate of drug-likeness (QED) is 0.498. The highest BCUT2D eigenvalue weighted by molar-refractivity contribution is 5.90. The summed E-state index contributed by atoms with van der Waals surface area (Å²) in [6.07, 6.45) is 0.160. The normalized spacial score (nSPS) is 21.5. The number of benzene rings is 1. The first-order chi connectivity index (χ1) is 14.6. The summed E-state index contributed by atoms with van der Waals surface area (Å²) in [7, 11) is 0. The third-order valence-electron chi connectivity index (χ3n) is 4.42. The predicted octanol–water partition coefficient (Wildman–Crippen LogP) is 3.41. The molecule has 2 rings (SSSR count). The minimum Gasteiger partial charge on any atom is -0.466 e. The van der Waals surface area contributed by atoms with Crippen LogP contribution in [0.2, 0.25) is 0 Å². The van der Waals surface area contributed by atoms with Crippen molar-refractivity contribution in [1.82, 2.24) is 0 Å². The van der Waals surface area contributed by atoms with Crippen LogP contribution >= 0.6 is 0 Å². The Morgan fingerprint density at radius 3 is 2.10 bits per heavy atom. The molecule has 0 fully saturated rings. The van der Waals surface area contributed by atoms with Gasteiger partial charge in [-0.2, -0.15) is 0 Å². The molecule has 31 heavy (non-hydrogen) atoms. The molecule has 8 heteroatoms. The predicted molar refractivity (Wildman–Crippen MR) is 114 cm³/mol. The fourth-order valence-electron chi connectivity index (χ4n) is 3.22. The van der Waals surface area contributed by atoms with Gasteiger partial charge in [-0.3, -0.25) is 14.4 Å². The van der Waals surface area contributed by atoms with Gasteiger partial charge in [-0.05, 0) is 59.8 Å². The van der Waals surface area contributed by atoms with Gasteiger partial charge in [0, 0.05) is 5.70 Å². The zero-order valence-corrected chi connectivity index (χ0v) is 18.9. The van der Waals surface area contributed by atoms with Crippen molar-refractivity contribution >= 4 is 23.6 Å². The number of ether oxygens (including phenoxy) is 3. The topological polar surface area (TPSA) is 91.4 Å². The average molecular weight is 434 g/mol. The lowest BCUT2D eigenvalue weighted by Gasteiger charge is -2.30. The van der Waals surface area contributed by atoms with Crippen LogP contribution in [0.25, 0.3) is 0 Å². The van der Waals surface area contributed by atoms with E-state index in [0.717, 1.165) is 0 Å². The largest absolute Gasteiger partial charge is 0.466 e. The van der Waals surface area contributed by atoms with E-state index >= 15 is 0 Å². The summed E-state index contributed by atoms with van der Waals surface area (Å²) < 4.78 is 15.9. The molecule has 0 saturated carbocycles. The molecule has 1 aromatic rings. The number of carbonyl (C=O) groups is 3. The molecule has 3 atom stereocenters. The Kier molecular flexibility index (Phi) is 8.21. The molecule has 1 heterocycles. The molecule has 2 unspecified atom stereocenters. The van der Waals surface area contributed by atoms with Crippen LogP contribution in [0.1, 0.15) is 41.5 Å². The summed E-state index contributed by atoms with van der Waals surface area (Å²) in [6, 6.07) is 9.03. The molecule has 1 aromatic carbocycles. The molecule has 8 nitrogen and oxygen atoms in total. The molecule has 0 spiro atoms. The molecule has 0 aliphatic carbocycles. The second kappa shape index (κ2) is 10.4. The summed E-state index contributed by atoms with van der Waals surface area (Å²) in [4.78, 5) is 44.9. The first-order valence-corrected chi connectivity index (χ1v) is 10.4. The monoisotopic (exact) mass is 433 g/mol. The van der Waals surface area contributed by atoms with E-state index in [-0.39, 0.29) is 13.2 Å². The van der Waals surface area contributed by atoms with Crippen LogP contribution < -0.4 is 5.06 Å². The number of esters is 3. The third-order valence-corrected chi connectivity index (χ3v) is 4.42. The van der Waals surface area contributed by atoms with Crippen LogP contribution in [-0.2, 0) is 33.4 Å². The fourth-order valence-corrected chi connectivity index (χ4v) is 3.22. The number of para-hydroxylation sites is 1. The maximum atomic E-state index is 13.1. The number of allylic oxidation sites excluding steroid dienone is 1. The molecule has 0 aromatic heterocycles. The third kappa shape index (κ3) is 6.30. The second-order valence-electron chi connectivity index (χ2n) is 8.05. The van der Waals surface area contributed by atoms with Gasteiger partial charge in [-0.1, -0.05) is 18.2 Å². The number of carbonyl (C=O) groups excluding carboxylic acids is 3. The van der Waals surface area contributed by atoms with Crippen molar-refractivity contribution in [2.24, 2.45) is 11.8 Å². The molecular formula is C23H31NO7. The number of anilines is 1. The Hall–Kier alpha value is -2.87. The van der Waals surface area contributed by atoms with Gasteiger partial charge in [0.15, 0.2) is 6.10 Å². The SMILES string of the molecule is CCOC(=O)C1ON(c2ccccc2)C(C)=C[C@H](C(=O)OC(C)(C)C)C1C(=O)OCC. The van der Waals surface area contributed by atoms with Crippen molar-refractivity contribution in [3.63, 3.8) is 0 Å². The molecule has 0 amide bonds. The van der Waals surface area contributed by atoms with Gasteiger partial charge in [0.1, 0.15) is 11.5 Å². The number of hydrogen-bond donors (Lipinski definition) is 0. The molecule has 0 bridgehead atoms. The molecule has 0 N–H and O–H groups in total. The first-order valence-electron chi connectivity index (χ1n) is 10.4. The Morgan fingerprint density at radius 1 is 0.968 bits per heavy atom. The van der Waals surface area contributed by atoms with Crippen molar-refractivity contribution in [2.45, 2.75) is 53.2 Å². The summed E-state index contributed by atoms with van der Waals surface area (Å²) >= 11 is 0. The zero-order chi connectivity index (χ0) is 23.2. The van der Waals surface area contributed by atoms with Crippen LogP contribution in [0.4, 0.5) is 5.69 Å². The Bertz CT molecular complexity index is 813. The summed E-state index contributed by atoms with van der Waals surface area (Å²) in [5.74, 6) is -4.55. The Labute approximate surface area is 183 Å². The van der Waals surface area contributed by atoms with E-state index in [2.05, 4.69) is 0 Å². The summed E-state index contributed by atoms with van der Waals surface area (Å²) in [6.45, 7) is 10.4. The van der Waals surface area contributed by atoms with Crippen LogP contribution in [0.3, 0.4) is 0 Å². The number of rotatable bonds is 6. The molecule has 0 saturated heterocycles. The van der Waals surface area contributed by atoms with Crippen molar-refractivity contribution < 1.29 is 33.4 Å². The van der Waals surface area contributed by atoms with Gasteiger partial charge in [0.25, 0.3) is 0 Å². The minimum absolute atomic E-state index is 0.0804. The van der Waals surface area contributed by atoms with Crippen molar-refractivity contribution in [3.05, 3.63) is 42.1 Å². The highest BCUT2D eigenvalue weighted by Crippen LogP contribution is 2.34. The standard InChI is InChI=1S/C23H31NO7/c1-7-28-21(26)18-17(20(25)30-23(4,5)6)14-15(3)24(16-12-10-9-11-13-16)31-19(18)22(27)29-8-2/h9-14,17-19H,7-8H2,1-6H3/t17-,18?,19?/m0/s1. The number of hydroxylamine groups is 1. The molecule has 0 radical (unpaired) electrons. The van der Waals surface area contributed by atoms with E-state index in [9.17, 15) is 14.4 Å². The lowest BCUT2D eigenvalue weighted by Crippen LogP contribution is -2.47. The van der Waals surface area contributed by atoms with Gasteiger partial charge in [-0.15, -0.1) is 0 Å². The molecule has 1 aliphatic heterocycles. The van der Waals surface area contributed by atoms with Crippen molar-refractivity contribution in [2.75, 3.05) is 18.3 Å². The highest BCUT2D eigenvalue weighted by Gasteiger charge is 2.49. The lowest BCUT2D eigenvalue weighted by atomic mass is 9.86. The fraction of sp³-hybridized carbons (Fsp3) is 0.522. The smallest absolute Gasteiger partial charge is 0.339 e. The van der Waals surface area contributed by atoms with E-state index in [1.54, 1.807) is 59.8 Å². The van der Waals surface area contributed by atoms with Crippen molar-refractivity contribution in [1.29, 1.82) is 0 Å². The lowest BCUT2D eigenvalue weighted by molar-refractivity contribution is -0.178. The van der Waals surface area contributed by atoms with E-state index in [0.29, 0.717) is 11.4 Å². The molecule has 1 aliphatic rings. The van der Waals surface area contributed by atoms with Gasteiger partial charge >= 0.3 is 17.9 Å². The first kappa shape index (κ1) is 24.4. The van der Waals surface area contributed by atoms with Gasteiger partial charge in [-0.25, -0.2) is 9.86 Å². The zero-order valence-electron chi connectivity index (χ0n) is 18.9.